The number of aliphatic imine (C=N–C) groups is 1. The summed E-state index contributed by atoms with van der Waals surface area (Å²) in [5, 5.41) is 6.13. The molecule has 0 aliphatic heterocycles. The minimum absolute atomic E-state index is 0.748. The van der Waals surface area contributed by atoms with Gasteiger partial charge in [-0.3, -0.25) is 14.1 Å². The normalized spacial score (nSPS) is 11.2. The van der Waals surface area contributed by atoms with Gasteiger partial charge in [0, 0.05) is 20.6 Å². The zero-order chi connectivity index (χ0) is 15.6. The van der Waals surface area contributed by atoms with Crippen LogP contribution < -0.4 is 15.4 Å². The number of guanidine groups is 1. The highest BCUT2D eigenvalue weighted by atomic mass is 32.3. The van der Waals surface area contributed by atoms with Crippen LogP contribution in [-0.4, -0.2) is 44.7 Å². The summed E-state index contributed by atoms with van der Waals surface area (Å²) in [6.07, 6.45) is 0. The number of hydrogen-bond donors (Lipinski definition) is 4. The first kappa shape index (κ1) is 18.2. The molecule has 114 valence electrons. The number of nitrogens with one attached hydrogen (secondary N) is 2. The van der Waals surface area contributed by atoms with Crippen LogP contribution in [0.1, 0.15) is 5.56 Å². The monoisotopic (exact) mass is 305 g/mol. The SMILES string of the molecule is C/N=C(\NC)NCc1ccc(OC)cc1.O=S(=O)(O)O. The molecule has 20 heavy (non-hydrogen) atoms. The van der Waals surface area contributed by atoms with Gasteiger partial charge in [0.1, 0.15) is 5.75 Å². The molecule has 0 aliphatic rings. The van der Waals surface area contributed by atoms with Crippen molar-refractivity contribution in [2.75, 3.05) is 21.2 Å². The Bertz CT molecular complexity index is 505. The first-order valence-corrected chi connectivity index (χ1v) is 6.91. The maximum Gasteiger partial charge on any atom is 0.394 e. The number of benzene rings is 1. The molecular formula is C11H19N3O5S. The maximum absolute atomic E-state index is 8.74. The minimum Gasteiger partial charge on any atom is -0.497 e. The molecule has 0 bridgehead atoms. The van der Waals surface area contributed by atoms with E-state index in [0.29, 0.717) is 0 Å². The predicted octanol–water partition coefficient (Wildman–Crippen LogP) is 0.337. The third-order valence-electron chi connectivity index (χ3n) is 2.08. The fourth-order valence-electron chi connectivity index (χ4n) is 1.21. The van der Waals surface area contributed by atoms with Crippen molar-refractivity contribution in [2.45, 2.75) is 6.54 Å². The van der Waals surface area contributed by atoms with E-state index in [2.05, 4.69) is 15.6 Å². The highest BCUT2D eigenvalue weighted by Crippen LogP contribution is 2.10. The van der Waals surface area contributed by atoms with Gasteiger partial charge in [-0.1, -0.05) is 12.1 Å². The largest absolute Gasteiger partial charge is 0.497 e. The van der Waals surface area contributed by atoms with E-state index < -0.39 is 10.4 Å². The van der Waals surface area contributed by atoms with Crippen LogP contribution in [-0.2, 0) is 16.9 Å². The van der Waals surface area contributed by atoms with Crippen LogP contribution in [0.25, 0.3) is 0 Å². The summed E-state index contributed by atoms with van der Waals surface area (Å²) in [4.78, 5) is 4.03. The van der Waals surface area contributed by atoms with Crippen molar-refractivity contribution in [2.24, 2.45) is 4.99 Å². The van der Waals surface area contributed by atoms with Crippen LogP contribution in [0.5, 0.6) is 5.75 Å². The van der Waals surface area contributed by atoms with Gasteiger partial charge in [-0.25, -0.2) is 0 Å². The van der Waals surface area contributed by atoms with Gasteiger partial charge < -0.3 is 15.4 Å². The molecule has 0 unspecified atom stereocenters. The Morgan fingerprint density at radius 3 is 2.15 bits per heavy atom. The minimum atomic E-state index is -4.67. The molecule has 0 radical (unpaired) electrons. The lowest BCUT2D eigenvalue weighted by molar-refractivity contribution is 0.381. The summed E-state index contributed by atoms with van der Waals surface area (Å²) in [5.74, 6) is 1.66. The fourth-order valence-corrected chi connectivity index (χ4v) is 1.21. The van der Waals surface area contributed by atoms with Crippen molar-refractivity contribution in [3.05, 3.63) is 29.8 Å². The van der Waals surface area contributed by atoms with E-state index >= 15 is 0 Å². The van der Waals surface area contributed by atoms with Crippen molar-refractivity contribution in [1.82, 2.24) is 10.6 Å². The highest BCUT2D eigenvalue weighted by Gasteiger charge is 1.96. The van der Waals surface area contributed by atoms with Gasteiger partial charge in [-0.2, -0.15) is 8.42 Å². The van der Waals surface area contributed by atoms with Crippen molar-refractivity contribution < 1.29 is 22.3 Å². The number of methoxy groups -OCH3 is 1. The molecule has 8 nitrogen and oxygen atoms in total. The Morgan fingerprint density at radius 1 is 1.30 bits per heavy atom. The second-order valence-corrected chi connectivity index (χ2v) is 4.37. The molecule has 0 aliphatic carbocycles. The van der Waals surface area contributed by atoms with Gasteiger partial charge in [0.15, 0.2) is 5.96 Å². The van der Waals surface area contributed by atoms with Crippen LogP contribution >= 0.6 is 0 Å². The molecule has 0 heterocycles. The smallest absolute Gasteiger partial charge is 0.394 e. The second-order valence-electron chi connectivity index (χ2n) is 3.47. The zero-order valence-electron chi connectivity index (χ0n) is 11.5. The van der Waals surface area contributed by atoms with E-state index in [4.69, 9.17) is 22.3 Å². The van der Waals surface area contributed by atoms with E-state index in [1.54, 1.807) is 14.2 Å². The molecule has 0 spiro atoms. The van der Waals surface area contributed by atoms with Crippen molar-refractivity contribution in [3.63, 3.8) is 0 Å². The Balaban J connectivity index is 0.000000621. The molecule has 9 heteroatoms. The molecule has 1 aromatic rings. The molecule has 4 N–H and O–H groups in total. The molecular weight excluding hydrogens is 286 g/mol. The number of rotatable bonds is 3. The van der Waals surface area contributed by atoms with Crippen LogP contribution in [0, 0.1) is 0 Å². The molecule has 0 saturated carbocycles. The Morgan fingerprint density at radius 2 is 1.80 bits per heavy atom. The van der Waals surface area contributed by atoms with E-state index in [1.807, 2.05) is 31.3 Å². The number of ether oxygens (including phenoxy) is 1. The first-order chi connectivity index (χ1) is 9.30. The van der Waals surface area contributed by atoms with Crippen molar-refractivity contribution >= 4 is 16.4 Å². The molecule has 1 aromatic carbocycles. The van der Waals surface area contributed by atoms with Gasteiger partial charge in [-0.05, 0) is 17.7 Å². The molecule has 0 atom stereocenters. The Kier molecular flexibility index (Phi) is 8.29. The third-order valence-corrected chi connectivity index (χ3v) is 2.08. The van der Waals surface area contributed by atoms with E-state index in [1.165, 1.54) is 5.56 Å². The second kappa shape index (κ2) is 9.13. The number of hydrogen-bond acceptors (Lipinski definition) is 4. The van der Waals surface area contributed by atoms with Gasteiger partial charge >= 0.3 is 10.4 Å². The van der Waals surface area contributed by atoms with Gasteiger partial charge in [0.2, 0.25) is 0 Å². The van der Waals surface area contributed by atoms with Crippen LogP contribution in [0.3, 0.4) is 0 Å². The summed E-state index contributed by atoms with van der Waals surface area (Å²) in [6, 6.07) is 7.93. The van der Waals surface area contributed by atoms with Gasteiger partial charge in [-0.15, -0.1) is 0 Å². The molecule has 1 rings (SSSR count). The average Bonchev–Trinajstić information content (AvgIpc) is 2.39. The van der Waals surface area contributed by atoms with Crippen LogP contribution in [0.2, 0.25) is 0 Å². The quantitative estimate of drug-likeness (QED) is 0.361. The van der Waals surface area contributed by atoms with Crippen LogP contribution in [0.15, 0.2) is 29.3 Å². The molecule has 0 saturated heterocycles. The summed E-state index contributed by atoms with van der Waals surface area (Å²) in [7, 11) is 0.576. The summed E-state index contributed by atoms with van der Waals surface area (Å²) >= 11 is 0. The predicted molar refractivity (Wildman–Crippen MR) is 76.4 cm³/mol. The topological polar surface area (TPSA) is 120 Å². The van der Waals surface area contributed by atoms with Crippen molar-refractivity contribution in [1.29, 1.82) is 0 Å². The summed E-state index contributed by atoms with van der Waals surface area (Å²) in [6.45, 7) is 0.748. The molecule has 0 fully saturated rings. The summed E-state index contributed by atoms with van der Waals surface area (Å²) in [5.41, 5.74) is 1.19. The third kappa shape index (κ3) is 10.1. The zero-order valence-corrected chi connectivity index (χ0v) is 12.3. The Labute approximate surface area is 118 Å². The lowest BCUT2D eigenvalue weighted by Crippen LogP contribution is -2.33. The van der Waals surface area contributed by atoms with E-state index in [9.17, 15) is 0 Å². The standard InChI is InChI=1S/C11H17N3O.H2O4S/c1-12-11(13-2)14-8-9-4-6-10(15-3)7-5-9;1-5(2,3)4/h4-7H,8H2,1-3H3,(H2,12,13,14);(H2,1,2,3,4). The Hall–Kier alpha value is -1.84. The first-order valence-electron chi connectivity index (χ1n) is 5.51. The van der Waals surface area contributed by atoms with Crippen LogP contribution in [0.4, 0.5) is 0 Å². The number of nitrogens with zero attached hydrogens (tertiary/aromatic N) is 1. The maximum atomic E-state index is 8.74. The highest BCUT2D eigenvalue weighted by molar-refractivity contribution is 7.79. The summed E-state index contributed by atoms with van der Waals surface area (Å²) < 4.78 is 36.7. The van der Waals surface area contributed by atoms with E-state index in [-0.39, 0.29) is 0 Å². The fraction of sp³-hybridized carbons (Fsp3) is 0.364. The van der Waals surface area contributed by atoms with E-state index in [0.717, 1.165) is 18.3 Å². The van der Waals surface area contributed by atoms with Gasteiger partial charge in [0.25, 0.3) is 0 Å². The van der Waals surface area contributed by atoms with Gasteiger partial charge in [0.05, 0.1) is 7.11 Å². The molecule has 0 amide bonds. The average molecular weight is 305 g/mol. The lowest BCUT2D eigenvalue weighted by Gasteiger charge is -2.08. The lowest BCUT2D eigenvalue weighted by atomic mass is 10.2. The van der Waals surface area contributed by atoms with Crippen molar-refractivity contribution in [3.8, 4) is 5.75 Å². The molecule has 0 aromatic heterocycles.